The van der Waals surface area contributed by atoms with E-state index >= 15 is 0 Å². The highest BCUT2D eigenvalue weighted by molar-refractivity contribution is 5.85. The molecule has 5 heteroatoms. The summed E-state index contributed by atoms with van der Waals surface area (Å²) >= 11 is 0. The van der Waals surface area contributed by atoms with Crippen LogP contribution in [0.4, 0.5) is 0 Å². The van der Waals surface area contributed by atoms with Gasteiger partial charge < -0.3 is 19.3 Å². The van der Waals surface area contributed by atoms with E-state index in [1.165, 1.54) is 6.26 Å². The molecule has 126 valence electrons. The Hall–Kier alpha value is -2.53. The van der Waals surface area contributed by atoms with E-state index in [0.29, 0.717) is 17.9 Å². The molecule has 3 rings (SSSR count). The van der Waals surface area contributed by atoms with Gasteiger partial charge in [0.2, 0.25) is 5.91 Å². The normalized spacial score (nSPS) is 15.1. The zero-order valence-corrected chi connectivity index (χ0v) is 13.7. The summed E-state index contributed by atoms with van der Waals surface area (Å²) in [4.78, 5) is 12.4. The second kappa shape index (κ2) is 6.93. The number of aliphatic hydroxyl groups excluding tert-OH is 1. The van der Waals surface area contributed by atoms with Crippen molar-refractivity contribution >= 4 is 16.9 Å². The summed E-state index contributed by atoms with van der Waals surface area (Å²) in [5.41, 5.74) is 0.772. The third kappa shape index (κ3) is 3.51. The maximum absolute atomic E-state index is 12.4. The number of hydrogen-bond acceptors (Lipinski definition) is 4. The largest absolute Gasteiger partial charge is 0.467 e. The first-order valence-electron chi connectivity index (χ1n) is 8.05. The van der Waals surface area contributed by atoms with E-state index < -0.39 is 12.0 Å². The molecule has 0 aliphatic heterocycles. The molecule has 0 saturated carbocycles. The molecule has 0 aliphatic carbocycles. The van der Waals surface area contributed by atoms with E-state index in [0.717, 1.165) is 11.0 Å². The van der Waals surface area contributed by atoms with Crippen molar-refractivity contribution in [1.82, 2.24) is 5.32 Å². The van der Waals surface area contributed by atoms with Gasteiger partial charge in [0.15, 0.2) is 0 Å². The number of amides is 1. The molecule has 0 bridgehead atoms. The van der Waals surface area contributed by atoms with Gasteiger partial charge in [-0.15, -0.1) is 0 Å². The lowest BCUT2D eigenvalue weighted by atomic mass is 10.1. The number of nitrogens with one attached hydrogen (secondary N) is 1. The van der Waals surface area contributed by atoms with Crippen LogP contribution in [0.15, 0.2) is 57.6 Å². The topological polar surface area (TPSA) is 75.6 Å². The van der Waals surface area contributed by atoms with Crippen LogP contribution in [0.2, 0.25) is 0 Å². The first kappa shape index (κ1) is 16.3. The molecule has 5 nitrogen and oxygen atoms in total. The van der Waals surface area contributed by atoms with Crippen LogP contribution in [0.1, 0.15) is 43.8 Å². The average molecular weight is 327 g/mol. The molecule has 2 heterocycles. The zero-order valence-electron chi connectivity index (χ0n) is 13.7. The number of carbonyl (C=O) groups excluding carboxylic acids is 1. The molecule has 1 aromatic carbocycles. The Morgan fingerprint density at radius 1 is 1.17 bits per heavy atom. The molecule has 0 fully saturated rings. The standard InChI is InChI=1S/C19H21NO4/c1-12(10-15(21)17-8-5-9-23-17)20-19(22)13(2)18-11-14-6-3-4-7-16(14)24-18/h3-9,11-13,15,21H,10H2,1-2H3,(H,20,22). The van der Waals surface area contributed by atoms with Crippen LogP contribution in [0, 0.1) is 0 Å². The Balaban J connectivity index is 1.61. The van der Waals surface area contributed by atoms with Gasteiger partial charge in [0, 0.05) is 17.8 Å². The molecular weight excluding hydrogens is 306 g/mol. The SMILES string of the molecule is CC(CC(O)c1ccco1)NC(=O)C(C)c1cc2ccccc2o1. The van der Waals surface area contributed by atoms with Crippen molar-refractivity contribution in [3.05, 3.63) is 60.2 Å². The van der Waals surface area contributed by atoms with Gasteiger partial charge in [-0.25, -0.2) is 0 Å². The second-order valence-electron chi connectivity index (χ2n) is 6.08. The summed E-state index contributed by atoms with van der Waals surface area (Å²) in [7, 11) is 0. The van der Waals surface area contributed by atoms with Crippen LogP contribution in [0.25, 0.3) is 11.0 Å². The van der Waals surface area contributed by atoms with E-state index in [-0.39, 0.29) is 11.9 Å². The molecule has 0 spiro atoms. The van der Waals surface area contributed by atoms with Crippen molar-refractivity contribution in [3.63, 3.8) is 0 Å². The van der Waals surface area contributed by atoms with Crippen LogP contribution in [-0.2, 0) is 4.79 Å². The first-order chi connectivity index (χ1) is 11.5. The maximum Gasteiger partial charge on any atom is 0.230 e. The van der Waals surface area contributed by atoms with Crippen molar-refractivity contribution in [3.8, 4) is 0 Å². The van der Waals surface area contributed by atoms with E-state index in [4.69, 9.17) is 8.83 Å². The summed E-state index contributed by atoms with van der Waals surface area (Å²) < 4.78 is 10.9. The van der Waals surface area contributed by atoms with Crippen molar-refractivity contribution in [2.75, 3.05) is 0 Å². The lowest BCUT2D eigenvalue weighted by molar-refractivity contribution is -0.123. The Morgan fingerprint density at radius 3 is 2.67 bits per heavy atom. The lowest BCUT2D eigenvalue weighted by Crippen LogP contribution is -2.36. The van der Waals surface area contributed by atoms with Crippen molar-refractivity contribution in [2.45, 2.75) is 38.3 Å². The molecular formula is C19H21NO4. The molecule has 2 N–H and O–H groups in total. The quantitative estimate of drug-likeness (QED) is 0.723. The zero-order chi connectivity index (χ0) is 17.1. The molecule has 0 aliphatic rings. The van der Waals surface area contributed by atoms with Crippen LogP contribution in [-0.4, -0.2) is 17.1 Å². The van der Waals surface area contributed by atoms with Gasteiger partial charge >= 0.3 is 0 Å². The van der Waals surface area contributed by atoms with Gasteiger partial charge in [0.1, 0.15) is 23.2 Å². The molecule has 24 heavy (non-hydrogen) atoms. The van der Waals surface area contributed by atoms with E-state index in [1.54, 1.807) is 12.1 Å². The maximum atomic E-state index is 12.4. The Kier molecular flexibility index (Phi) is 4.71. The number of hydrogen-bond donors (Lipinski definition) is 2. The number of fused-ring (bicyclic) bond motifs is 1. The van der Waals surface area contributed by atoms with Crippen molar-refractivity contribution in [2.24, 2.45) is 0 Å². The lowest BCUT2D eigenvalue weighted by Gasteiger charge is -2.18. The van der Waals surface area contributed by atoms with Gasteiger partial charge in [-0.1, -0.05) is 18.2 Å². The van der Waals surface area contributed by atoms with E-state index in [9.17, 15) is 9.90 Å². The van der Waals surface area contributed by atoms with Crippen molar-refractivity contribution < 1.29 is 18.7 Å². The summed E-state index contributed by atoms with van der Waals surface area (Å²) in [6.07, 6.45) is 1.16. The molecule has 3 aromatic rings. The van der Waals surface area contributed by atoms with Gasteiger partial charge in [-0.2, -0.15) is 0 Å². The fourth-order valence-corrected chi connectivity index (χ4v) is 2.70. The molecule has 0 radical (unpaired) electrons. The van der Waals surface area contributed by atoms with Gasteiger partial charge in [0.25, 0.3) is 0 Å². The molecule has 1 amide bonds. The summed E-state index contributed by atoms with van der Waals surface area (Å²) in [6.45, 7) is 3.66. The Morgan fingerprint density at radius 2 is 1.96 bits per heavy atom. The minimum Gasteiger partial charge on any atom is -0.467 e. The van der Waals surface area contributed by atoms with Crippen molar-refractivity contribution in [1.29, 1.82) is 0 Å². The van der Waals surface area contributed by atoms with E-state index in [1.807, 2.05) is 44.2 Å². The number of para-hydroxylation sites is 1. The minimum absolute atomic E-state index is 0.131. The number of benzene rings is 1. The molecule has 3 atom stereocenters. The number of furan rings is 2. The third-order valence-corrected chi connectivity index (χ3v) is 4.10. The summed E-state index contributed by atoms with van der Waals surface area (Å²) in [5, 5.41) is 14.0. The fourth-order valence-electron chi connectivity index (χ4n) is 2.70. The van der Waals surface area contributed by atoms with Crippen LogP contribution in [0.3, 0.4) is 0 Å². The summed E-state index contributed by atoms with van der Waals surface area (Å²) in [5.74, 6) is 0.600. The highest BCUT2D eigenvalue weighted by Gasteiger charge is 2.22. The molecule has 0 saturated heterocycles. The van der Waals surface area contributed by atoms with E-state index in [2.05, 4.69) is 5.32 Å². The number of carbonyl (C=O) groups is 1. The second-order valence-corrected chi connectivity index (χ2v) is 6.08. The first-order valence-corrected chi connectivity index (χ1v) is 8.05. The monoisotopic (exact) mass is 327 g/mol. The number of rotatable bonds is 6. The third-order valence-electron chi connectivity index (χ3n) is 4.10. The van der Waals surface area contributed by atoms with Gasteiger partial charge in [-0.3, -0.25) is 4.79 Å². The van der Waals surface area contributed by atoms with Crippen LogP contribution < -0.4 is 5.32 Å². The fraction of sp³-hybridized carbons (Fsp3) is 0.316. The smallest absolute Gasteiger partial charge is 0.230 e. The highest BCUT2D eigenvalue weighted by Crippen LogP contribution is 2.25. The predicted octanol–water partition coefficient (Wildman–Crippen LogP) is 3.76. The number of aliphatic hydroxyl groups is 1. The van der Waals surface area contributed by atoms with Gasteiger partial charge in [-0.05, 0) is 38.1 Å². The summed E-state index contributed by atoms with van der Waals surface area (Å²) in [6, 6.07) is 12.8. The molecule has 2 aromatic heterocycles. The van der Waals surface area contributed by atoms with Crippen LogP contribution >= 0.6 is 0 Å². The Labute approximate surface area is 140 Å². The average Bonchev–Trinajstić information content (AvgIpc) is 3.23. The van der Waals surface area contributed by atoms with Crippen LogP contribution in [0.5, 0.6) is 0 Å². The predicted molar refractivity (Wildman–Crippen MR) is 90.5 cm³/mol. The highest BCUT2D eigenvalue weighted by atomic mass is 16.4. The molecule has 3 unspecified atom stereocenters. The van der Waals surface area contributed by atoms with Gasteiger partial charge in [0.05, 0.1) is 12.2 Å². The minimum atomic E-state index is -0.739. The Bertz CT molecular complexity index is 773.